The first kappa shape index (κ1) is 11.9. The first-order valence-electron chi connectivity index (χ1n) is 4.60. The molecule has 0 N–H and O–H groups in total. The lowest BCUT2D eigenvalue weighted by Gasteiger charge is -2.08. The predicted molar refractivity (Wildman–Crippen MR) is 56.5 cm³/mol. The quantitative estimate of drug-likeness (QED) is 0.789. The number of halogens is 4. The largest absolute Gasteiger partial charge is 0.417 e. The number of hydrogen-bond acceptors (Lipinski definition) is 2. The van der Waals surface area contributed by atoms with E-state index in [2.05, 4.69) is 9.97 Å². The maximum Gasteiger partial charge on any atom is 0.417 e. The van der Waals surface area contributed by atoms with Gasteiger partial charge in [0.1, 0.15) is 5.69 Å². The standard InChI is InChI=1S/C10H7ClF3N3/c1-17-3-2-15-9(17)8-7(11)4-6(5-16-8)10(12,13)14/h2-5H,1H3. The van der Waals surface area contributed by atoms with E-state index in [0.717, 1.165) is 12.3 Å². The molecule has 2 aromatic heterocycles. The molecule has 2 rings (SSSR count). The number of alkyl halides is 3. The van der Waals surface area contributed by atoms with Gasteiger partial charge in [-0.2, -0.15) is 13.2 Å². The van der Waals surface area contributed by atoms with Gasteiger partial charge in [0.15, 0.2) is 5.82 Å². The smallest absolute Gasteiger partial charge is 0.333 e. The van der Waals surface area contributed by atoms with Gasteiger partial charge in [-0.15, -0.1) is 0 Å². The molecule has 0 aromatic carbocycles. The van der Waals surface area contributed by atoms with Crippen molar-refractivity contribution in [2.45, 2.75) is 6.18 Å². The monoisotopic (exact) mass is 261 g/mol. The highest BCUT2D eigenvalue weighted by Crippen LogP contribution is 2.33. The molecule has 3 nitrogen and oxygen atoms in total. The van der Waals surface area contributed by atoms with E-state index in [1.54, 1.807) is 17.8 Å². The number of aromatic nitrogens is 3. The van der Waals surface area contributed by atoms with E-state index in [1.165, 1.54) is 6.20 Å². The Morgan fingerprint density at radius 1 is 1.29 bits per heavy atom. The number of rotatable bonds is 1. The molecule has 7 heteroatoms. The highest BCUT2D eigenvalue weighted by Gasteiger charge is 2.31. The van der Waals surface area contributed by atoms with Crippen molar-refractivity contribution >= 4 is 11.6 Å². The van der Waals surface area contributed by atoms with Gasteiger partial charge in [-0.1, -0.05) is 11.6 Å². The third-order valence-electron chi connectivity index (χ3n) is 2.20. The molecule has 0 aliphatic carbocycles. The van der Waals surface area contributed by atoms with Gasteiger partial charge in [-0.3, -0.25) is 4.98 Å². The van der Waals surface area contributed by atoms with Gasteiger partial charge in [-0.25, -0.2) is 4.98 Å². The summed E-state index contributed by atoms with van der Waals surface area (Å²) in [5.41, 5.74) is -0.646. The second-order valence-corrected chi connectivity index (χ2v) is 3.82. The Bertz CT molecular complexity index is 548. The van der Waals surface area contributed by atoms with Crippen LogP contribution in [0.2, 0.25) is 5.02 Å². The summed E-state index contributed by atoms with van der Waals surface area (Å²) < 4.78 is 38.8. The number of nitrogens with zero attached hydrogens (tertiary/aromatic N) is 3. The van der Waals surface area contributed by atoms with Crippen LogP contribution in [0, 0.1) is 0 Å². The zero-order valence-corrected chi connectivity index (χ0v) is 9.42. The third-order valence-corrected chi connectivity index (χ3v) is 2.49. The van der Waals surface area contributed by atoms with Crippen LogP contribution in [0.25, 0.3) is 11.5 Å². The zero-order chi connectivity index (χ0) is 12.6. The van der Waals surface area contributed by atoms with Crippen molar-refractivity contribution in [2.75, 3.05) is 0 Å². The van der Waals surface area contributed by atoms with Crippen molar-refractivity contribution in [3.63, 3.8) is 0 Å². The Kier molecular flexibility index (Phi) is 2.82. The van der Waals surface area contributed by atoms with Crippen LogP contribution in [0.5, 0.6) is 0 Å². The van der Waals surface area contributed by atoms with Crippen LogP contribution in [0.15, 0.2) is 24.7 Å². The lowest BCUT2D eigenvalue weighted by Crippen LogP contribution is -2.06. The molecule has 0 aliphatic heterocycles. The molecule has 0 radical (unpaired) electrons. The van der Waals surface area contributed by atoms with Crippen molar-refractivity contribution in [2.24, 2.45) is 7.05 Å². The van der Waals surface area contributed by atoms with Gasteiger partial charge in [0, 0.05) is 25.6 Å². The van der Waals surface area contributed by atoms with Crippen molar-refractivity contribution < 1.29 is 13.2 Å². The molecule has 90 valence electrons. The van der Waals surface area contributed by atoms with E-state index in [-0.39, 0.29) is 10.7 Å². The summed E-state index contributed by atoms with van der Waals surface area (Å²) in [5, 5.41) is -0.0749. The number of imidazole rings is 1. The van der Waals surface area contributed by atoms with E-state index in [9.17, 15) is 13.2 Å². The topological polar surface area (TPSA) is 30.7 Å². The van der Waals surface area contributed by atoms with Gasteiger partial charge in [0.05, 0.1) is 10.6 Å². The van der Waals surface area contributed by atoms with Crippen molar-refractivity contribution in [3.05, 3.63) is 35.2 Å². The lowest BCUT2D eigenvalue weighted by atomic mass is 10.2. The van der Waals surface area contributed by atoms with Crippen LogP contribution in [0.3, 0.4) is 0 Å². The minimum atomic E-state index is -4.45. The molecular weight excluding hydrogens is 255 g/mol. The molecule has 0 spiro atoms. The first-order chi connectivity index (χ1) is 7.89. The fourth-order valence-corrected chi connectivity index (χ4v) is 1.60. The molecule has 0 fully saturated rings. The molecule has 0 saturated heterocycles. The first-order valence-corrected chi connectivity index (χ1v) is 4.98. The molecule has 17 heavy (non-hydrogen) atoms. The Morgan fingerprint density at radius 2 is 2.00 bits per heavy atom. The predicted octanol–water partition coefficient (Wildman–Crippen LogP) is 3.15. The molecule has 0 unspecified atom stereocenters. The molecular formula is C10H7ClF3N3. The van der Waals surface area contributed by atoms with Crippen LogP contribution in [0.4, 0.5) is 13.2 Å². The van der Waals surface area contributed by atoms with Crippen molar-refractivity contribution in [1.29, 1.82) is 0 Å². The summed E-state index contributed by atoms with van der Waals surface area (Å²) >= 11 is 5.78. The van der Waals surface area contributed by atoms with Crippen molar-refractivity contribution in [1.82, 2.24) is 14.5 Å². The van der Waals surface area contributed by atoms with Gasteiger partial charge in [0.2, 0.25) is 0 Å². The van der Waals surface area contributed by atoms with Crippen LogP contribution < -0.4 is 0 Å². The minimum absolute atomic E-state index is 0.0749. The van der Waals surface area contributed by atoms with Gasteiger partial charge < -0.3 is 4.57 Å². The number of hydrogen-bond donors (Lipinski definition) is 0. The highest BCUT2D eigenvalue weighted by atomic mass is 35.5. The van der Waals surface area contributed by atoms with E-state index in [4.69, 9.17) is 11.6 Å². The molecule has 0 bridgehead atoms. The molecule has 0 atom stereocenters. The van der Waals surface area contributed by atoms with E-state index in [0.29, 0.717) is 5.82 Å². The summed E-state index contributed by atoms with van der Waals surface area (Å²) in [6, 6.07) is 0.846. The summed E-state index contributed by atoms with van der Waals surface area (Å²) in [5.74, 6) is 0.420. The highest BCUT2D eigenvalue weighted by molar-refractivity contribution is 6.32. The number of pyridine rings is 1. The summed E-state index contributed by atoms with van der Waals surface area (Å²) in [7, 11) is 1.71. The van der Waals surface area contributed by atoms with Crippen LogP contribution in [-0.4, -0.2) is 14.5 Å². The summed E-state index contributed by atoms with van der Waals surface area (Å²) in [6.45, 7) is 0. The van der Waals surface area contributed by atoms with Crippen molar-refractivity contribution in [3.8, 4) is 11.5 Å². The average Bonchev–Trinajstić information content (AvgIpc) is 2.63. The van der Waals surface area contributed by atoms with Crippen LogP contribution in [0.1, 0.15) is 5.56 Å². The second-order valence-electron chi connectivity index (χ2n) is 3.41. The zero-order valence-electron chi connectivity index (χ0n) is 8.66. The lowest BCUT2D eigenvalue weighted by molar-refractivity contribution is -0.137. The Balaban J connectivity index is 2.50. The van der Waals surface area contributed by atoms with E-state index in [1.807, 2.05) is 0 Å². The maximum atomic E-state index is 12.4. The fourth-order valence-electron chi connectivity index (χ4n) is 1.35. The average molecular weight is 262 g/mol. The minimum Gasteiger partial charge on any atom is -0.333 e. The molecule has 0 aliphatic rings. The Hall–Kier alpha value is -1.56. The summed E-state index contributed by atoms with van der Waals surface area (Å²) in [4.78, 5) is 7.69. The van der Waals surface area contributed by atoms with Crippen LogP contribution >= 0.6 is 11.6 Å². The van der Waals surface area contributed by atoms with Gasteiger partial charge >= 0.3 is 6.18 Å². The number of aryl methyl sites for hydroxylation is 1. The molecule has 0 amide bonds. The third kappa shape index (κ3) is 2.26. The van der Waals surface area contributed by atoms with Gasteiger partial charge in [0.25, 0.3) is 0 Å². The SMILES string of the molecule is Cn1ccnc1-c1ncc(C(F)(F)F)cc1Cl. The molecule has 2 aromatic rings. The van der Waals surface area contributed by atoms with Gasteiger partial charge in [-0.05, 0) is 6.07 Å². The Labute approximate surface area is 99.9 Å². The summed E-state index contributed by atoms with van der Waals surface area (Å²) in [6.07, 6.45) is -0.525. The normalized spacial score (nSPS) is 11.8. The molecule has 2 heterocycles. The van der Waals surface area contributed by atoms with Crippen LogP contribution in [-0.2, 0) is 13.2 Å². The second kappa shape index (κ2) is 4.03. The Morgan fingerprint density at radius 3 is 2.47 bits per heavy atom. The van der Waals surface area contributed by atoms with E-state index >= 15 is 0 Å². The van der Waals surface area contributed by atoms with E-state index < -0.39 is 11.7 Å². The molecule has 0 saturated carbocycles. The fraction of sp³-hybridized carbons (Fsp3) is 0.200. The maximum absolute atomic E-state index is 12.4.